The van der Waals surface area contributed by atoms with Crippen LogP contribution in [0.1, 0.15) is 0 Å². The summed E-state index contributed by atoms with van der Waals surface area (Å²) in [5, 5.41) is 5.54. The number of hydrogen-bond acceptors (Lipinski definition) is 4. The zero-order chi connectivity index (χ0) is 16.7. The minimum Gasteiger partial charge on any atom is -0.493 e. The quantitative estimate of drug-likeness (QED) is 0.650. The number of urea groups is 1. The summed E-state index contributed by atoms with van der Waals surface area (Å²) in [6.07, 6.45) is 0. The maximum absolute atomic E-state index is 11.7. The number of anilines is 1. The first kappa shape index (κ1) is 16.6. The van der Waals surface area contributed by atoms with Crippen LogP contribution in [0.5, 0.6) is 11.5 Å². The highest BCUT2D eigenvalue weighted by Gasteiger charge is 2.11. The molecule has 0 aliphatic heterocycles. The van der Waals surface area contributed by atoms with Gasteiger partial charge in [-0.1, -0.05) is 23.7 Å². The van der Waals surface area contributed by atoms with E-state index >= 15 is 0 Å². The standard InChI is InChI=1S/C16H15ClN2O4/c1-22-13-4-2-3-5-14(13)23-15(20)10-18-16(21)19-12-8-6-11(17)7-9-12/h2-9H,10H2,1H3,(H2,18,19,21). The molecule has 0 radical (unpaired) electrons. The first-order valence-electron chi connectivity index (χ1n) is 6.72. The number of benzene rings is 2. The fourth-order valence-electron chi connectivity index (χ4n) is 1.72. The van der Waals surface area contributed by atoms with Crippen molar-refractivity contribution in [2.75, 3.05) is 19.0 Å². The van der Waals surface area contributed by atoms with Crippen molar-refractivity contribution in [3.05, 3.63) is 53.6 Å². The van der Waals surface area contributed by atoms with Crippen LogP contribution in [0.25, 0.3) is 0 Å². The van der Waals surface area contributed by atoms with Gasteiger partial charge >= 0.3 is 12.0 Å². The van der Waals surface area contributed by atoms with E-state index in [1.807, 2.05) is 0 Å². The lowest BCUT2D eigenvalue weighted by Gasteiger charge is -2.10. The molecule has 0 aliphatic rings. The molecule has 0 spiro atoms. The van der Waals surface area contributed by atoms with E-state index in [0.29, 0.717) is 22.2 Å². The van der Waals surface area contributed by atoms with Crippen LogP contribution in [0.15, 0.2) is 48.5 Å². The number of methoxy groups -OCH3 is 1. The second kappa shape index (κ2) is 8.05. The lowest BCUT2D eigenvalue weighted by Crippen LogP contribution is -2.35. The molecule has 0 aromatic heterocycles. The summed E-state index contributed by atoms with van der Waals surface area (Å²) in [6, 6.07) is 12.8. The third-order valence-electron chi connectivity index (χ3n) is 2.79. The molecule has 2 aromatic carbocycles. The minimum absolute atomic E-state index is 0.280. The predicted octanol–water partition coefficient (Wildman–Crippen LogP) is 3.08. The van der Waals surface area contributed by atoms with Crippen LogP contribution >= 0.6 is 11.6 Å². The van der Waals surface area contributed by atoms with Crippen LogP contribution in [-0.2, 0) is 4.79 Å². The number of amides is 2. The Labute approximate surface area is 138 Å². The zero-order valence-electron chi connectivity index (χ0n) is 12.3. The number of halogens is 1. The summed E-state index contributed by atoms with van der Waals surface area (Å²) in [6.45, 7) is -0.280. The van der Waals surface area contributed by atoms with Gasteiger partial charge in [0.2, 0.25) is 0 Å². The summed E-state index contributed by atoms with van der Waals surface area (Å²) < 4.78 is 10.2. The molecule has 2 aromatic rings. The van der Waals surface area contributed by atoms with Crippen LogP contribution in [0, 0.1) is 0 Å². The molecule has 0 aliphatic carbocycles. The highest BCUT2D eigenvalue weighted by Crippen LogP contribution is 2.25. The number of nitrogens with one attached hydrogen (secondary N) is 2. The number of esters is 1. The van der Waals surface area contributed by atoms with E-state index in [1.165, 1.54) is 7.11 Å². The highest BCUT2D eigenvalue weighted by molar-refractivity contribution is 6.30. The third-order valence-corrected chi connectivity index (χ3v) is 3.04. The number of carbonyl (C=O) groups is 2. The van der Waals surface area contributed by atoms with Crippen molar-refractivity contribution in [3.8, 4) is 11.5 Å². The Balaban J connectivity index is 1.82. The van der Waals surface area contributed by atoms with E-state index in [2.05, 4.69) is 10.6 Å². The average Bonchev–Trinajstić information content (AvgIpc) is 2.55. The van der Waals surface area contributed by atoms with Crippen LogP contribution in [-0.4, -0.2) is 25.7 Å². The van der Waals surface area contributed by atoms with Crippen LogP contribution < -0.4 is 20.1 Å². The molecular weight excluding hydrogens is 320 g/mol. The molecular formula is C16H15ClN2O4. The molecule has 0 saturated heterocycles. The Bertz CT molecular complexity index is 689. The number of rotatable bonds is 5. The van der Waals surface area contributed by atoms with Crippen molar-refractivity contribution in [1.82, 2.24) is 5.32 Å². The summed E-state index contributed by atoms with van der Waals surface area (Å²) in [5.74, 6) is 0.118. The molecule has 23 heavy (non-hydrogen) atoms. The van der Waals surface area contributed by atoms with Gasteiger partial charge in [0, 0.05) is 10.7 Å². The molecule has 0 unspecified atom stereocenters. The summed E-state index contributed by atoms with van der Waals surface area (Å²) in [7, 11) is 1.48. The number of ether oxygens (including phenoxy) is 2. The van der Waals surface area contributed by atoms with Gasteiger partial charge in [-0.05, 0) is 36.4 Å². The molecule has 7 heteroatoms. The Morgan fingerprint density at radius 2 is 1.70 bits per heavy atom. The fraction of sp³-hybridized carbons (Fsp3) is 0.125. The minimum atomic E-state index is -0.610. The van der Waals surface area contributed by atoms with Gasteiger partial charge in [0.05, 0.1) is 7.11 Å². The maximum atomic E-state index is 11.7. The van der Waals surface area contributed by atoms with Crippen molar-refractivity contribution in [1.29, 1.82) is 0 Å². The van der Waals surface area contributed by atoms with Crippen molar-refractivity contribution >= 4 is 29.3 Å². The molecule has 6 nitrogen and oxygen atoms in total. The zero-order valence-corrected chi connectivity index (χ0v) is 13.1. The largest absolute Gasteiger partial charge is 0.493 e. The first-order valence-corrected chi connectivity index (χ1v) is 7.10. The SMILES string of the molecule is COc1ccccc1OC(=O)CNC(=O)Nc1ccc(Cl)cc1. The molecule has 2 rings (SSSR count). The van der Waals surface area contributed by atoms with Crippen molar-refractivity contribution in [2.45, 2.75) is 0 Å². The lowest BCUT2D eigenvalue weighted by molar-refractivity contribution is -0.133. The molecule has 2 N–H and O–H groups in total. The average molecular weight is 335 g/mol. The smallest absolute Gasteiger partial charge is 0.331 e. The second-order valence-electron chi connectivity index (χ2n) is 4.44. The normalized spacial score (nSPS) is 9.83. The Hall–Kier alpha value is -2.73. The fourth-order valence-corrected chi connectivity index (χ4v) is 1.85. The van der Waals surface area contributed by atoms with Gasteiger partial charge in [0.1, 0.15) is 6.54 Å². The number of carbonyl (C=O) groups excluding carboxylic acids is 2. The van der Waals surface area contributed by atoms with E-state index in [1.54, 1.807) is 48.5 Å². The van der Waals surface area contributed by atoms with Gasteiger partial charge in [0.15, 0.2) is 11.5 Å². The van der Waals surface area contributed by atoms with Gasteiger partial charge < -0.3 is 20.1 Å². The summed E-state index contributed by atoms with van der Waals surface area (Å²) in [5.41, 5.74) is 0.560. The topological polar surface area (TPSA) is 76.7 Å². The summed E-state index contributed by atoms with van der Waals surface area (Å²) >= 11 is 5.75. The molecule has 120 valence electrons. The van der Waals surface area contributed by atoms with Gasteiger partial charge in [0.25, 0.3) is 0 Å². The molecule has 0 atom stereocenters. The first-order chi connectivity index (χ1) is 11.1. The molecule has 0 heterocycles. The lowest BCUT2D eigenvalue weighted by atomic mass is 10.3. The molecule has 2 amide bonds. The highest BCUT2D eigenvalue weighted by atomic mass is 35.5. The van der Waals surface area contributed by atoms with E-state index < -0.39 is 12.0 Å². The Kier molecular flexibility index (Phi) is 5.82. The van der Waals surface area contributed by atoms with Gasteiger partial charge in [-0.15, -0.1) is 0 Å². The predicted molar refractivity (Wildman–Crippen MR) is 87.1 cm³/mol. The van der Waals surface area contributed by atoms with Crippen molar-refractivity contribution in [2.24, 2.45) is 0 Å². The van der Waals surface area contributed by atoms with Gasteiger partial charge in [-0.2, -0.15) is 0 Å². The third kappa shape index (κ3) is 5.19. The molecule has 0 fully saturated rings. The van der Waals surface area contributed by atoms with Crippen LogP contribution in [0.2, 0.25) is 5.02 Å². The second-order valence-corrected chi connectivity index (χ2v) is 4.88. The number of hydrogen-bond donors (Lipinski definition) is 2. The number of para-hydroxylation sites is 2. The Morgan fingerprint density at radius 1 is 1.04 bits per heavy atom. The molecule has 0 bridgehead atoms. The van der Waals surface area contributed by atoms with Gasteiger partial charge in [-0.3, -0.25) is 0 Å². The van der Waals surface area contributed by atoms with E-state index in [4.69, 9.17) is 21.1 Å². The van der Waals surface area contributed by atoms with E-state index in [9.17, 15) is 9.59 Å². The van der Waals surface area contributed by atoms with Crippen molar-refractivity contribution in [3.63, 3.8) is 0 Å². The summed E-state index contributed by atoms with van der Waals surface area (Å²) in [4.78, 5) is 23.4. The van der Waals surface area contributed by atoms with Crippen molar-refractivity contribution < 1.29 is 19.1 Å². The van der Waals surface area contributed by atoms with Crippen LogP contribution in [0.3, 0.4) is 0 Å². The maximum Gasteiger partial charge on any atom is 0.331 e. The van der Waals surface area contributed by atoms with Crippen LogP contribution in [0.4, 0.5) is 10.5 Å². The van der Waals surface area contributed by atoms with E-state index in [-0.39, 0.29) is 6.54 Å². The Morgan fingerprint density at radius 3 is 2.35 bits per heavy atom. The molecule has 0 saturated carbocycles. The monoisotopic (exact) mass is 334 g/mol. The van der Waals surface area contributed by atoms with E-state index in [0.717, 1.165) is 0 Å². The van der Waals surface area contributed by atoms with Gasteiger partial charge in [-0.25, -0.2) is 9.59 Å².